The molecule has 0 aliphatic heterocycles. The van der Waals surface area contributed by atoms with Crippen LogP contribution in [0.25, 0.3) is 0 Å². The Kier molecular flexibility index (Phi) is 11.2. The first-order valence-electron chi connectivity index (χ1n) is 14.6. The maximum Gasteiger partial charge on any atom is 0.264 e. The fourth-order valence-corrected chi connectivity index (χ4v) is 6.28. The van der Waals surface area contributed by atoms with Crippen molar-refractivity contribution >= 4 is 27.5 Å². The second-order valence-electron chi connectivity index (χ2n) is 10.5. The van der Waals surface area contributed by atoms with Gasteiger partial charge in [-0.25, -0.2) is 8.42 Å². The van der Waals surface area contributed by atoms with Crippen LogP contribution in [0.5, 0.6) is 5.75 Å². The molecule has 8 nitrogen and oxygen atoms in total. The Hall–Kier alpha value is -4.63. The summed E-state index contributed by atoms with van der Waals surface area (Å²) in [7, 11) is -2.57. The molecule has 0 heterocycles. The van der Waals surface area contributed by atoms with Crippen molar-refractivity contribution in [2.24, 2.45) is 0 Å². The van der Waals surface area contributed by atoms with Crippen molar-refractivity contribution in [2.75, 3.05) is 24.5 Å². The van der Waals surface area contributed by atoms with Crippen molar-refractivity contribution < 1.29 is 22.7 Å². The highest BCUT2D eigenvalue weighted by atomic mass is 32.2. The molecule has 44 heavy (non-hydrogen) atoms. The molecule has 2 amide bonds. The second-order valence-corrected chi connectivity index (χ2v) is 12.4. The van der Waals surface area contributed by atoms with Gasteiger partial charge in [0.1, 0.15) is 18.3 Å². The monoisotopic (exact) mass is 613 g/mol. The van der Waals surface area contributed by atoms with Crippen molar-refractivity contribution in [2.45, 2.75) is 44.2 Å². The Bertz CT molecular complexity index is 1630. The molecule has 0 saturated carbocycles. The molecule has 0 unspecified atom stereocenters. The van der Waals surface area contributed by atoms with E-state index in [9.17, 15) is 18.0 Å². The minimum atomic E-state index is -4.13. The topological polar surface area (TPSA) is 96.0 Å². The maximum absolute atomic E-state index is 14.4. The molecule has 0 aliphatic carbocycles. The summed E-state index contributed by atoms with van der Waals surface area (Å²) in [5.74, 6) is -0.210. The highest BCUT2D eigenvalue weighted by Gasteiger charge is 2.34. The van der Waals surface area contributed by atoms with Gasteiger partial charge in [-0.2, -0.15) is 0 Å². The van der Waals surface area contributed by atoms with Gasteiger partial charge in [0.15, 0.2) is 0 Å². The average molecular weight is 614 g/mol. The number of carbonyl (C=O) groups is 2. The molecule has 0 radical (unpaired) electrons. The van der Waals surface area contributed by atoms with E-state index < -0.39 is 28.5 Å². The lowest BCUT2D eigenvalue weighted by atomic mass is 10.0. The van der Waals surface area contributed by atoms with Gasteiger partial charge in [-0.05, 0) is 60.9 Å². The smallest absolute Gasteiger partial charge is 0.264 e. The van der Waals surface area contributed by atoms with Gasteiger partial charge in [0.25, 0.3) is 10.0 Å². The van der Waals surface area contributed by atoms with Crippen molar-refractivity contribution in [1.29, 1.82) is 0 Å². The van der Waals surface area contributed by atoms with Crippen LogP contribution >= 0.6 is 0 Å². The predicted octanol–water partition coefficient (Wildman–Crippen LogP) is 5.37. The van der Waals surface area contributed by atoms with E-state index in [0.29, 0.717) is 18.0 Å². The third kappa shape index (κ3) is 8.26. The Morgan fingerprint density at radius 1 is 0.841 bits per heavy atom. The molecule has 0 spiro atoms. The van der Waals surface area contributed by atoms with Crippen LogP contribution < -0.4 is 14.4 Å². The first-order chi connectivity index (χ1) is 21.2. The number of amides is 2. The number of hydrogen-bond donors (Lipinski definition) is 1. The summed E-state index contributed by atoms with van der Waals surface area (Å²) >= 11 is 0. The summed E-state index contributed by atoms with van der Waals surface area (Å²) in [5, 5.41) is 2.95. The first-order valence-corrected chi connectivity index (χ1v) is 16.1. The number of anilines is 1. The zero-order valence-corrected chi connectivity index (χ0v) is 26.2. The van der Waals surface area contributed by atoms with Gasteiger partial charge in [-0.1, -0.05) is 85.3 Å². The quantitative estimate of drug-likeness (QED) is 0.207. The number of aryl methyl sites for hydroxylation is 1. The zero-order valence-electron chi connectivity index (χ0n) is 25.3. The number of ether oxygens (including phenoxy) is 1. The minimum absolute atomic E-state index is 0.0641. The number of rotatable bonds is 14. The van der Waals surface area contributed by atoms with Crippen molar-refractivity contribution in [3.63, 3.8) is 0 Å². The molecule has 0 aromatic heterocycles. The van der Waals surface area contributed by atoms with Gasteiger partial charge in [0, 0.05) is 19.5 Å². The molecule has 0 fully saturated rings. The lowest BCUT2D eigenvalue weighted by Crippen LogP contribution is -2.53. The van der Waals surface area contributed by atoms with Gasteiger partial charge in [0.2, 0.25) is 11.8 Å². The molecule has 4 aromatic rings. The third-order valence-electron chi connectivity index (χ3n) is 7.24. The Morgan fingerprint density at radius 2 is 1.48 bits per heavy atom. The van der Waals surface area contributed by atoms with Gasteiger partial charge in [-0.3, -0.25) is 13.9 Å². The van der Waals surface area contributed by atoms with Crippen LogP contribution in [0.3, 0.4) is 0 Å². The summed E-state index contributed by atoms with van der Waals surface area (Å²) in [4.78, 5) is 29.7. The SMILES string of the molecule is CCCNC(=O)[C@H](Cc1ccccc1)N(Cc1cccc(OC)c1)C(=O)CN(c1ccc(C)cc1)S(=O)(=O)c1ccccc1. The molecule has 0 bridgehead atoms. The fraction of sp³-hybridized carbons (Fsp3) is 0.257. The summed E-state index contributed by atoms with van der Waals surface area (Å²) in [6, 6.07) is 30.9. The summed E-state index contributed by atoms with van der Waals surface area (Å²) in [6.45, 7) is 3.88. The Labute approximate surface area is 260 Å². The van der Waals surface area contributed by atoms with E-state index in [1.807, 2.05) is 62.4 Å². The molecule has 4 rings (SSSR count). The largest absolute Gasteiger partial charge is 0.497 e. The van der Waals surface area contributed by atoms with E-state index in [4.69, 9.17) is 4.74 Å². The van der Waals surface area contributed by atoms with Crippen molar-refractivity contribution in [1.82, 2.24) is 10.2 Å². The maximum atomic E-state index is 14.4. The molecule has 1 atom stereocenters. The molecule has 230 valence electrons. The summed E-state index contributed by atoms with van der Waals surface area (Å²) in [5.41, 5.74) is 2.92. The van der Waals surface area contributed by atoms with Crippen LogP contribution in [0.1, 0.15) is 30.0 Å². The number of benzene rings is 4. The molecular weight excluding hydrogens is 574 g/mol. The van der Waals surface area contributed by atoms with Gasteiger partial charge >= 0.3 is 0 Å². The summed E-state index contributed by atoms with van der Waals surface area (Å²) in [6.07, 6.45) is 0.978. The van der Waals surface area contributed by atoms with Crippen LogP contribution in [0, 0.1) is 6.92 Å². The van der Waals surface area contributed by atoms with Gasteiger partial charge < -0.3 is 15.0 Å². The van der Waals surface area contributed by atoms with Crippen LogP contribution in [-0.2, 0) is 32.6 Å². The number of nitrogens with zero attached hydrogens (tertiary/aromatic N) is 2. The van der Waals surface area contributed by atoms with Crippen LogP contribution in [0.2, 0.25) is 0 Å². The van der Waals surface area contributed by atoms with Crippen LogP contribution in [-0.4, -0.2) is 51.4 Å². The Morgan fingerprint density at radius 3 is 2.11 bits per heavy atom. The van der Waals surface area contributed by atoms with Crippen molar-refractivity contribution in [3.8, 4) is 5.75 Å². The summed E-state index contributed by atoms with van der Waals surface area (Å²) < 4.78 is 34.6. The van der Waals surface area contributed by atoms with E-state index in [2.05, 4.69) is 5.32 Å². The van der Waals surface area contributed by atoms with E-state index in [1.54, 1.807) is 55.6 Å². The minimum Gasteiger partial charge on any atom is -0.497 e. The first kappa shape index (κ1) is 32.3. The highest BCUT2D eigenvalue weighted by molar-refractivity contribution is 7.92. The third-order valence-corrected chi connectivity index (χ3v) is 9.03. The molecule has 0 saturated heterocycles. The van der Waals surface area contributed by atoms with E-state index in [0.717, 1.165) is 27.4 Å². The Balaban J connectivity index is 1.79. The number of nitrogens with one attached hydrogen (secondary N) is 1. The predicted molar refractivity (Wildman–Crippen MR) is 173 cm³/mol. The average Bonchev–Trinajstić information content (AvgIpc) is 3.05. The van der Waals surface area contributed by atoms with E-state index >= 15 is 0 Å². The number of carbonyl (C=O) groups excluding carboxylic acids is 2. The number of methoxy groups -OCH3 is 1. The van der Waals surface area contributed by atoms with E-state index in [-0.39, 0.29) is 23.8 Å². The normalized spacial score (nSPS) is 11.8. The zero-order chi connectivity index (χ0) is 31.5. The highest BCUT2D eigenvalue weighted by Crippen LogP contribution is 2.26. The van der Waals surface area contributed by atoms with Crippen LogP contribution in [0.4, 0.5) is 5.69 Å². The fourth-order valence-electron chi connectivity index (χ4n) is 4.85. The molecule has 1 N–H and O–H groups in total. The second kappa shape index (κ2) is 15.2. The van der Waals surface area contributed by atoms with Gasteiger partial charge in [-0.15, -0.1) is 0 Å². The van der Waals surface area contributed by atoms with E-state index in [1.165, 1.54) is 17.0 Å². The molecule has 0 aliphatic rings. The lowest BCUT2D eigenvalue weighted by molar-refractivity contribution is -0.140. The molecule has 4 aromatic carbocycles. The number of sulfonamides is 1. The number of hydrogen-bond acceptors (Lipinski definition) is 5. The van der Waals surface area contributed by atoms with Gasteiger partial charge in [0.05, 0.1) is 17.7 Å². The van der Waals surface area contributed by atoms with Crippen molar-refractivity contribution in [3.05, 3.63) is 126 Å². The standard InChI is InChI=1S/C35H39N3O5S/c1-4-22-36-35(40)33(24-28-12-7-5-8-13-28)37(25-29-14-11-15-31(23-29)43-3)34(39)26-38(30-20-18-27(2)19-21-30)44(41,42)32-16-9-6-10-17-32/h5-21,23,33H,4,22,24-26H2,1-3H3,(H,36,40)/t33-/m0/s1. The molecular formula is C35H39N3O5S. The molecule has 9 heteroatoms. The lowest BCUT2D eigenvalue weighted by Gasteiger charge is -2.34. The van der Waals surface area contributed by atoms with Crippen LogP contribution in [0.15, 0.2) is 114 Å².